The van der Waals surface area contributed by atoms with Crippen LogP contribution in [-0.4, -0.2) is 23.0 Å². The van der Waals surface area contributed by atoms with Gasteiger partial charge in [0.2, 0.25) is 0 Å². The van der Waals surface area contributed by atoms with E-state index in [0.717, 1.165) is 0 Å². The molecule has 0 aromatic carbocycles. The SMILES string of the molecule is C=CN1CCCCC1.c1cocn1. The van der Waals surface area contributed by atoms with E-state index < -0.39 is 0 Å². The molecule has 13 heavy (non-hydrogen) atoms. The summed E-state index contributed by atoms with van der Waals surface area (Å²) in [6.45, 7) is 6.16. The monoisotopic (exact) mass is 180 g/mol. The molecular weight excluding hydrogens is 164 g/mol. The van der Waals surface area contributed by atoms with Gasteiger partial charge in [-0.1, -0.05) is 6.58 Å². The quantitative estimate of drug-likeness (QED) is 0.664. The minimum Gasteiger partial charge on any atom is -0.452 e. The molecule has 1 aromatic rings. The summed E-state index contributed by atoms with van der Waals surface area (Å²) in [6, 6.07) is 0. The van der Waals surface area contributed by atoms with E-state index in [0.29, 0.717) is 0 Å². The summed E-state index contributed by atoms with van der Waals surface area (Å²) in [5, 5.41) is 0. The molecule has 0 saturated carbocycles. The second-order valence-electron chi connectivity index (χ2n) is 2.95. The Morgan fingerprint density at radius 1 is 1.31 bits per heavy atom. The summed E-state index contributed by atoms with van der Waals surface area (Å²) >= 11 is 0. The molecule has 0 amide bonds. The van der Waals surface area contributed by atoms with Crippen LogP contribution < -0.4 is 0 Å². The van der Waals surface area contributed by atoms with Gasteiger partial charge in [0.25, 0.3) is 0 Å². The maximum absolute atomic E-state index is 4.47. The van der Waals surface area contributed by atoms with Gasteiger partial charge in [0.15, 0.2) is 6.39 Å². The topological polar surface area (TPSA) is 29.3 Å². The standard InChI is InChI=1S/C7H13N.C3H3NO/c1-2-8-6-4-3-5-7-8;1-2-5-3-4-1/h2H,1,3-7H2;1-3H. The Kier molecular flexibility index (Phi) is 4.76. The van der Waals surface area contributed by atoms with E-state index in [9.17, 15) is 0 Å². The average Bonchev–Trinajstić information content (AvgIpc) is 2.77. The van der Waals surface area contributed by atoms with Gasteiger partial charge in [0.05, 0.1) is 6.20 Å². The van der Waals surface area contributed by atoms with E-state index in [-0.39, 0.29) is 0 Å². The molecule has 1 aliphatic rings. The highest BCUT2D eigenvalue weighted by molar-refractivity contribution is 4.73. The Balaban J connectivity index is 0.000000145. The fraction of sp³-hybridized carbons (Fsp3) is 0.500. The third-order valence-electron chi connectivity index (χ3n) is 2.00. The van der Waals surface area contributed by atoms with Crippen LogP contribution in [0.5, 0.6) is 0 Å². The molecule has 0 bridgehead atoms. The number of nitrogens with zero attached hydrogens (tertiary/aromatic N) is 2. The second kappa shape index (κ2) is 6.29. The second-order valence-corrected chi connectivity index (χ2v) is 2.95. The van der Waals surface area contributed by atoms with E-state index in [1.54, 1.807) is 6.20 Å². The van der Waals surface area contributed by atoms with Crippen molar-refractivity contribution in [2.75, 3.05) is 13.1 Å². The van der Waals surface area contributed by atoms with Gasteiger partial charge in [0.1, 0.15) is 6.26 Å². The molecule has 0 atom stereocenters. The third kappa shape index (κ3) is 4.35. The number of oxazole rings is 1. The fourth-order valence-corrected chi connectivity index (χ4v) is 1.28. The number of aromatic nitrogens is 1. The molecule has 0 N–H and O–H groups in total. The first-order valence-corrected chi connectivity index (χ1v) is 4.62. The van der Waals surface area contributed by atoms with Crippen molar-refractivity contribution in [3.05, 3.63) is 31.6 Å². The van der Waals surface area contributed by atoms with Crippen LogP contribution in [0.4, 0.5) is 0 Å². The number of rotatable bonds is 1. The Labute approximate surface area is 79.1 Å². The summed E-state index contributed by atoms with van der Waals surface area (Å²) in [5.74, 6) is 0. The molecule has 0 aliphatic carbocycles. The Morgan fingerprint density at radius 2 is 2.08 bits per heavy atom. The smallest absolute Gasteiger partial charge is 0.180 e. The lowest BCUT2D eigenvalue weighted by Crippen LogP contribution is -2.23. The van der Waals surface area contributed by atoms with E-state index in [4.69, 9.17) is 0 Å². The molecule has 2 rings (SSSR count). The molecule has 1 aromatic heterocycles. The Morgan fingerprint density at radius 3 is 2.38 bits per heavy atom. The highest BCUT2D eigenvalue weighted by atomic mass is 16.3. The predicted octanol–water partition coefficient (Wildman–Crippen LogP) is 2.29. The van der Waals surface area contributed by atoms with Crippen LogP contribution in [0, 0.1) is 0 Å². The van der Waals surface area contributed by atoms with Gasteiger partial charge in [-0.3, -0.25) is 0 Å². The van der Waals surface area contributed by atoms with Crippen molar-refractivity contribution in [2.45, 2.75) is 19.3 Å². The lowest BCUT2D eigenvalue weighted by atomic mass is 10.1. The van der Waals surface area contributed by atoms with Crippen molar-refractivity contribution in [3.63, 3.8) is 0 Å². The van der Waals surface area contributed by atoms with Crippen LogP contribution in [0.3, 0.4) is 0 Å². The lowest BCUT2D eigenvalue weighted by Gasteiger charge is -2.23. The maximum atomic E-state index is 4.47. The van der Waals surface area contributed by atoms with Crippen molar-refractivity contribution in [3.8, 4) is 0 Å². The zero-order valence-corrected chi connectivity index (χ0v) is 7.85. The zero-order chi connectivity index (χ0) is 9.36. The molecule has 3 heteroatoms. The Bertz CT molecular complexity index is 185. The van der Waals surface area contributed by atoms with Gasteiger partial charge in [-0.25, -0.2) is 4.98 Å². The molecular formula is C10H16N2O. The van der Waals surface area contributed by atoms with Crippen LogP contribution in [0.25, 0.3) is 0 Å². The van der Waals surface area contributed by atoms with Crippen LogP contribution in [0.15, 0.2) is 36.0 Å². The van der Waals surface area contributed by atoms with Gasteiger partial charge in [-0.2, -0.15) is 0 Å². The largest absolute Gasteiger partial charge is 0.452 e. The Hall–Kier alpha value is -1.25. The normalized spacial score (nSPS) is 15.8. The number of piperidine rings is 1. The number of hydrogen-bond donors (Lipinski definition) is 0. The number of hydrogen-bond acceptors (Lipinski definition) is 3. The van der Waals surface area contributed by atoms with Gasteiger partial charge in [-0.15, -0.1) is 0 Å². The highest BCUT2D eigenvalue weighted by Gasteiger charge is 2.03. The first kappa shape index (κ1) is 9.84. The summed E-state index contributed by atoms with van der Waals surface area (Å²) in [6.07, 6.45) is 10.5. The van der Waals surface area contributed by atoms with E-state index in [2.05, 4.69) is 20.9 Å². The lowest BCUT2D eigenvalue weighted by molar-refractivity contribution is 0.310. The van der Waals surface area contributed by atoms with E-state index >= 15 is 0 Å². The molecule has 72 valence electrons. The molecule has 1 aliphatic heterocycles. The van der Waals surface area contributed by atoms with Gasteiger partial charge >= 0.3 is 0 Å². The summed E-state index contributed by atoms with van der Waals surface area (Å²) in [4.78, 5) is 5.84. The van der Waals surface area contributed by atoms with Crippen molar-refractivity contribution in [1.29, 1.82) is 0 Å². The fourth-order valence-electron chi connectivity index (χ4n) is 1.28. The van der Waals surface area contributed by atoms with Gasteiger partial charge in [0, 0.05) is 13.1 Å². The molecule has 0 radical (unpaired) electrons. The van der Waals surface area contributed by atoms with Crippen LogP contribution in [-0.2, 0) is 0 Å². The maximum Gasteiger partial charge on any atom is 0.180 e. The first-order valence-electron chi connectivity index (χ1n) is 4.62. The van der Waals surface area contributed by atoms with Crippen molar-refractivity contribution in [1.82, 2.24) is 9.88 Å². The van der Waals surface area contributed by atoms with Crippen LogP contribution >= 0.6 is 0 Å². The van der Waals surface area contributed by atoms with Crippen molar-refractivity contribution < 1.29 is 4.42 Å². The van der Waals surface area contributed by atoms with E-state index in [1.807, 2.05) is 6.20 Å². The predicted molar refractivity (Wildman–Crippen MR) is 52.1 cm³/mol. The minimum absolute atomic E-state index is 1.23. The third-order valence-corrected chi connectivity index (χ3v) is 2.00. The van der Waals surface area contributed by atoms with Crippen LogP contribution in [0.2, 0.25) is 0 Å². The van der Waals surface area contributed by atoms with E-state index in [1.165, 1.54) is 45.0 Å². The summed E-state index contributed by atoms with van der Waals surface area (Å²) < 4.78 is 4.47. The molecule has 1 fully saturated rings. The molecule has 3 nitrogen and oxygen atoms in total. The highest BCUT2D eigenvalue weighted by Crippen LogP contribution is 2.07. The van der Waals surface area contributed by atoms with Crippen molar-refractivity contribution >= 4 is 0 Å². The van der Waals surface area contributed by atoms with Gasteiger partial charge in [-0.05, 0) is 25.5 Å². The van der Waals surface area contributed by atoms with Gasteiger partial charge < -0.3 is 9.32 Å². The van der Waals surface area contributed by atoms with Crippen LogP contribution in [0.1, 0.15) is 19.3 Å². The molecule has 0 spiro atoms. The minimum atomic E-state index is 1.23. The number of likely N-dealkylation sites (tertiary alicyclic amines) is 1. The summed E-state index contributed by atoms with van der Waals surface area (Å²) in [7, 11) is 0. The molecule has 2 heterocycles. The van der Waals surface area contributed by atoms with Crippen molar-refractivity contribution in [2.24, 2.45) is 0 Å². The summed E-state index contributed by atoms with van der Waals surface area (Å²) in [5.41, 5.74) is 0. The first-order chi connectivity index (χ1) is 6.43. The molecule has 1 saturated heterocycles. The molecule has 0 unspecified atom stereocenters. The zero-order valence-electron chi connectivity index (χ0n) is 7.85. The average molecular weight is 180 g/mol.